The van der Waals surface area contributed by atoms with Crippen molar-refractivity contribution in [2.24, 2.45) is 5.16 Å². The van der Waals surface area contributed by atoms with E-state index in [0.717, 1.165) is 18.3 Å². The van der Waals surface area contributed by atoms with E-state index in [2.05, 4.69) is 15.2 Å². The van der Waals surface area contributed by atoms with Crippen LogP contribution in [0.5, 0.6) is 0 Å². The first kappa shape index (κ1) is 19.0. The van der Waals surface area contributed by atoms with E-state index in [1.54, 1.807) is 0 Å². The van der Waals surface area contributed by atoms with Crippen LogP contribution in [0.15, 0.2) is 46.0 Å². The number of carbonyl (C=O) groups excluding carboxylic acids is 2. The lowest BCUT2D eigenvalue weighted by atomic mass is 10.2. The molecule has 0 atom stereocenters. The molecule has 138 valence electrons. The number of esters is 1. The van der Waals surface area contributed by atoms with Gasteiger partial charge < -0.3 is 19.3 Å². The number of hydrogen-bond donors (Lipinski definition) is 1. The number of alkyl halides is 3. The highest BCUT2D eigenvalue weighted by molar-refractivity contribution is 6.31. The van der Waals surface area contributed by atoms with Crippen LogP contribution in [-0.4, -0.2) is 25.2 Å². The lowest BCUT2D eigenvalue weighted by Crippen LogP contribution is -2.14. The van der Waals surface area contributed by atoms with Gasteiger partial charge in [0.15, 0.2) is 6.61 Å². The number of nitrogens with one attached hydrogen (secondary N) is 1. The molecule has 1 heterocycles. The van der Waals surface area contributed by atoms with E-state index < -0.39 is 23.6 Å². The van der Waals surface area contributed by atoms with E-state index in [4.69, 9.17) is 9.25 Å². The summed E-state index contributed by atoms with van der Waals surface area (Å²) >= 11 is 0. The van der Waals surface area contributed by atoms with Gasteiger partial charge in [-0.05, 0) is 30.3 Å². The van der Waals surface area contributed by atoms with Gasteiger partial charge in [0.05, 0.1) is 12.7 Å². The summed E-state index contributed by atoms with van der Waals surface area (Å²) in [5.41, 5.74) is -0.923. The fourth-order valence-electron chi connectivity index (χ4n) is 1.80. The van der Waals surface area contributed by atoms with Crippen LogP contribution >= 0.6 is 0 Å². The molecule has 1 N–H and O–H groups in total. The van der Waals surface area contributed by atoms with E-state index in [9.17, 15) is 22.8 Å². The van der Waals surface area contributed by atoms with Crippen molar-refractivity contribution in [2.75, 3.05) is 12.4 Å². The molecule has 0 aliphatic rings. The molecule has 0 unspecified atom stereocenters. The Bertz CT molecular complexity index is 814. The molecule has 0 fully saturated rings. The summed E-state index contributed by atoms with van der Waals surface area (Å²) in [5.74, 6) is -1.18. The van der Waals surface area contributed by atoms with Crippen LogP contribution in [0.2, 0.25) is 0 Å². The number of hydrogen-bond acceptors (Lipinski definition) is 6. The quantitative estimate of drug-likeness (QED) is 0.479. The van der Waals surface area contributed by atoms with Crippen LogP contribution in [0.1, 0.15) is 21.9 Å². The molecule has 0 aliphatic heterocycles. The fourth-order valence-corrected chi connectivity index (χ4v) is 1.80. The number of carbonyl (C=O) groups is 2. The van der Waals surface area contributed by atoms with E-state index in [-0.39, 0.29) is 23.8 Å². The van der Waals surface area contributed by atoms with Crippen molar-refractivity contribution < 1.29 is 36.8 Å². The average molecular weight is 370 g/mol. The summed E-state index contributed by atoms with van der Waals surface area (Å²) in [6.07, 6.45) is -3.76. The number of ether oxygens (including phenoxy) is 1. The molecule has 2 aromatic rings. The van der Waals surface area contributed by atoms with Gasteiger partial charge in [0.2, 0.25) is 5.76 Å². The van der Waals surface area contributed by atoms with E-state index >= 15 is 0 Å². The molecule has 0 radical (unpaired) electrons. The minimum Gasteiger partial charge on any atom is -0.463 e. The Kier molecular flexibility index (Phi) is 5.99. The van der Waals surface area contributed by atoms with Gasteiger partial charge in [0.25, 0.3) is 5.91 Å². The first-order valence-corrected chi connectivity index (χ1v) is 7.10. The summed E-state index contributed by atoms with van der Waals surface area (Å²) < 4.78 is 47.3. The zero-order valence-electron chi connectivity index (χ0n) is 13.4. The van der Waals surface area contributed by atoms with Gasteiger partial charge in [0, 0.05) is 5.69 Å². The number of amides is 1. The van der Waals surface area contributed by atoms with Crippen molar-refractivity contribution in [3.8, 4) is 0 Å². The Balaban J connectivity index is 1.84. The highest BCUT2D eigenvalue weighted by Crippen LogP contribution is 2.30. The normalized spacial score (nSPS) is 11.4. The number of oxime groups is 1. The molecular formula is C16H13F3N2O5. The zero-order chi connectivity index (χ0) is 19.2. The molecule has 0 bridgehead atoms. The Labute approximate surface area is 145 Å². The molecule has 26 heavy (non-hydrogen) atoms. The van der Waals surface area contributed by atoms with Gasteiger partial charge in [-0.15, -0.1) is 0 Å². The Hall–Kier alpha value is -3.30. The summed E-state index contributed by atoms with van der Waals surface area (Å²) in [6.45, 7) is -0.162. The van der Waals surface area contributed by atoms with Crippen molar-refractivity contribution >= 4 is 23.8 Å². The Morgan fingerprint density at radius 3 is 2.73 bits per heavy atom. The summed E-state index contributed by atoms with van der Waals surface area (Å²) in [6, 6.07) is 7.00. The molecule has 1 aromatic carbocycles. The van der Waals surface area contributed by atoms with Gasteiger partial charge in [0.1, 0.15) is 12.0 Å². The second-order valence-electron chi connectivity index (χ2n) is 4.83. The van der Waals surface area contributed by atoms with Crippen LogP contribution in [0.3, 0.4) is 0 Å². The predicted octanol–water partition coefficient (Wildman–Crippen LogP) is 3.23. The minimum atomic E-state index is -4.51. The number of benzene rings is 1. The Morgan fingerprint density at radius 2 is 2.04 bits per heavy atom. The number of furan rings is 1. The standard InChI is InChI=1S/C16H13F3N2O5/c1-24-15(23)13-6-5-12(26-13)9-25-20-8-14(22)21-11-4-2-3-10(7-11)16(17,18)19/h2-8H,9H2,1H3,(H,21,22)/b20-8-. The van der Waals surface area contributed by atoms with Gasteiger partial charge in [-0.2, -0.15) is 13.2 Å². The lowest BCUT2D eigenvalue weighted by Gasteiger charge is -2.08. The summed E-state index contributed by atoms with van der Waals surface area (Å²) in [7, 11) is 1.20. The first-order chi connectivity index (χ1) is 12.3. The number of halogens is 3. The van der Waals surface area contributed by atoms with Crippen molar-refractivity contribution in [3.63, 3.8) is 0 Å². The third-order valence-electron chi connectivity index (χ3n) is 2.96. The number of nitrogens with zero attached hydrogens (tertiary/aromatic N) is 1. The summed E-state index contributed by atoms with van der Waals surface area (Å²) in [5, 5.41) is 5.60. The zero-order valence-corrected chi connectivity index (χ0v) is 13.4. The van der Waals surface area contributed by atoms with Crippen LogP contribution in [-0.2, 0) is 27.2 Å². The van der Waals surface area contributed by atoms with Gasteiger partial charge in [-0.3, -0.25) is 4.79 Å². The van der Waals surface area contributed by atoms with Gasteiger partial charge in [-0.25, -0.2) is 4.79 Å². The second-order valence-corrected chi connectivity index (χ2v) is 4.83. The average Bonchev–Trinajstić information content (AvgIpc) is 3.06. The van der Waals surface area contributed by atoms with Gasteiger partial charge >= 0.3 is 12.1 Å². The molecule has 1 aromatic heterocycles. The van der Waals surface area contributed by atoms with E-state index in [1.165, 1.54) is 31.4 Å². The maximum absolute atomic E-state index is 12.6. The van der Waals surface area contributed by atoms with Crippen LogP contribution in [0.25, 0.3) is 0 Å². The van der Waals surface area contributed by atoms with E-state index in [1.807, 2.05) is 0 Å². The smallest absolute Gasteiger partial charge is 0.416 e. The molecule has 10 heteroatoms. The first-order valence-electron chi connectivity index (χ1n) is 7.10. The Morgan fingerprint density at radius 1 is 1.27 bits per heavy atom. The highest BCUT2D eigenvalue weighted by atomic mass is 19.4. The van der Waals surface area contributed by atoms with Crippen molar-refractivity contribution in [3.05, 3.63) is 53.5 Å². The molecule has 0 spiro atoms. The fraction of sp³-hybridized carbons (Fsp3) is 0.188. The highest BCUT2D eigenvalue weighted by Gasteiger charge is 2.30. The lowest BCUT2D eigenvalue weighted by molar-refractivity contribution is -0.137. The molecule has 0 aliphatic carbocycles. The topological polar surface area (TPSA) is 90.1 Å². The van der Waals surface area contributed by atoms with Crippen LogP contribution < -0.4 is 5.32 Å². The third kappa shape index (κ3) is 5.36. The molecule has 2 rings (SSSR count). The number of methoxy groups -OCH3 is 1. The minimum absolute atomic E-state index is 0.0163. The second kappa shape index (κ2) is 8.19. The molecule has 0 saturated heterocycles. The monoisotopic (exact) mass is 370 g/mol. The maximum Gasteiger partial charge on any atom is 0.416 e. The van der Waals surface area contributed by atoms with Crippen LogP contribution in [0, 0.1) is 0 Å². The molecule has 7 nitrogen and oxygen atoms in total. The molecule has 1 amide bonds. The third-order valence-corrected chi connectivity index (χ3v) is 2.96. The summed E-state index contributed by atoms with van der Waals surface area (Å²) in [4.78, 5) is 27.6. The molecule has 0 saturated carbocycles. The van der Waals surface area contributed by atoms with Crippen molar-refractivity contribution in [1.82, 2.24) is 0 Å². The maximum atomic E-state index is 12.6. The number of anilines is 1. The van der Waals surface area contributed by atoms with Crippen molar-refractivity contribution in [1.29, 1.82) is 0 Å². The van der Waals surface area contributed by atoms with Crippen molar-refractivity contribution in [2.45, 2.75) is 12.8 Å². The molecular weight excluding hydrogens is 357 g/mol. The van der Waals surface area contributed by atoms with E-state index in [0.29, 0.717) is 0 Å². The predicted molar refractivity (Wildman–Crippen MR) is 83.4 cm³/mol. The largest absolute Gasteiger partial charge is 0.463 e. The van der Waals surface area contributed by atoms with Crippen LogP contribution in [0.4, 0.5) is 18.9 Å². The number of rotatable bonds is 6. The van der Waals surface area contributed by atoms with Gasteiger partial charge in [-0.1, -0.05) is 11.2 Å². The SMILES string of the molecule is COC(=O)c1ccc(CO/N=C\C(=O)Nc2cccc(C(F)(F)F)c2)o1.